The molecule has 1 aliphatic rings. The van der Waals surface area contributed by atoms with E-state index in [1.54, 1.807) is 18.2 Å². The highest BCUT2D eigenvalue weighted by molar-refractivity contribution is 5.89. The summed E-state index contributed by atoms with van der Waals surface area (Å²) in [5, 5.41) is 0.130. The van der Waals surface area contributed by atoms with Gasteiger partial charge in [0.2, 0.25) is 0 Å². The smallest absolute Gasteiger partial charge is 0.169 e. The minimum Gasteiger partial charge on any atom is -0.206 e. The van der Waals surface area contributed by atoms with Gasteiger partial charge in [0.25, 0.3) is 0 Å². The van der Waals surface area contributed by atoms with Crippen LogP contribution in [0.5, 0.6) is 0 Å². The van der Waals surface area contributed by atoms with Crippen molar-refractivity contribution in [3.63, 3.8) is 0 Å². The third-order valence-corrected chi connectivity index (χ3v) is 6.52. The molecule has 0 amide bonds. The van der Waals surface area contributed by atoms with Crippen LogP contribution < -0.4 is 0 Å². The minimum absolute atomic E-state index is 0.267. The molecule has 0 radical (unpaired) electrons. The predicted octanol–water partition coefficient (Wildman–Crippen LogP) is 8.34. The Bertz CT molecular complexity index is 1060. The number of hydrogen-bond donors (Lipinski definition) is 0. The Morgan fingerprint density at radius 1 is 0.900 bits per heavy atom. The second kappa shape index (κ2) is 8.67. The third-order valence-electron chi connectivity index (χ3n) is 6.52. The van der Waals surface area contributed by atoms with Gasteiger partial charge < -0.3 is 0 Å². The van der Waals surface area contributed by atoms with Crippen LogP contribution in [0, 0.1) is 23.4 Å². The molecule has 0 heterocycles. The van der Waals surface area contributed by atoms with Crippen molar-refractivity contribution in [2.45, 2.75) is 51.4 Å². The van der Waals surface area contributed by atoms with Crippen molar-refractivity contribution in [3.8, 4) is 11.1 Å². The van der Waals surface area contributed by atoms with E-state index in [9.17, 15) is 8.78 Å². The number of allylic oxidation sites excluding steroid dienone is 1. The van der Waals surface area contributed by atoms with Crippen molar-refractivity contribution in [1.82, 2.24) is 0 Å². The zero-order valence-corrected chi connectivity index (χ0v) is 17.4. The molecule has 3 aromatic carbocycles. The lowest BCUT2D eigenvalue weighted by Crippen LogP contribution is -2.11. The normalized spacial score (nSPS) is 19.2. The molecule has 0 atom stereocenters. The molecule has 3 aromatic rings. The maximum Gasteiger partial charge on any atom is 0.169 e. The van der Waals surface area contributed by atoms with Gasteiger partial charge in [-0.2, -0.15) is 0 Å². The number of fused-ring (bicyclic) bond motifs is 1. The molecule has 0 unspecified atom stereocenters. The van der Waals surface area contributed by atoms with E-state index in [1.807, 2.05) is 31.2 Å². The molecule has 0 bridgehead atoms. The molecule has 156 valence electrons. The SMILES string of the molecule is C=CC1CCC(c2ccc(-c3ccc4cc(CCC)c(F)c(F)c4c3F)cc2)CC1. The molecule has 0 aliphatic heterocycles. The van der Waals surface area contributed by atoms with Crippen LogP contribution in [0.25, 0.3) is 21.9 Å². The van der Waals surface area contributed by atoms with E-state index in [0.29, 0.717) is 46.8 Å². The lowest BCUT2D eigenvalue weighted by molar-refractivity contribution is 0.376. The van der Waals surface area contributed by atoms with Gasteiger partial charge in [0.05, 0.1) is 5.39 Å². The Hall–Kier alpha value is -2.55. The van der Waals surface area contributed by atoms with Crippen molar-refractivity contribution in [1.29, 1.82) is 0 Å². The van der Waals surface area contributed by atoms with E-state index in [-0.39, 0.29) is 5.39 Å². The summed E-state index contributed by atoms with van der Waals surface area (Å²) in [5.41, 5.74) is 2.52. The van der Waals surface area contributed by atoms with E-state index in [0.717, 1.165) is 25.7 Å². The van der Waals surface area contributed by atoms with Gasteiger partial charge in [-0.1, -0.05) is 55.8 Å². The summed E-state index contributed by atoms with van der Waals surface area (Å²) < 4.78 is 44.3. The quantitative estimate of drug-likeness (QED) is 0.372. The van der Waals surface area contributed by atoms with Crippen LogP contribution >= 0.6 is 0 Å². The highest BCUT2D eigenvalue weighted by Gasteiger charge is 2.22. The fourth-order valence-electron chi connectivity index (χ4n) is 4.73. The second-order valence-electron chi connectivity index (χ2n) is 8.41. The summed E-state index contributed by atoms with van der Waals surface area (Å²) in [7, 11) is 0. The lowest BCUT2D eigenvalue weighted by atomic mass is 9.78. The van der Waals surface area contributed by atoms with Gasteiger partial charge in [0, 0.05) is 5.56 Å². The van der Waals surface area contributed by atoms with Crippen molar-refractivity contribution in [2.75, 3.05) is 0 Å². The zero-order valence-electron chi connectivity index (χ0n) is 17.4. The van der Waals surface area contributed by atoms with E-state index in [4.69, 9.17) is 0 Å². The van der Waals surface area contributed by atoms with Crippen molar-refractivity contribution < 1.29 is 13.2 Å². The average Bonchev–Trinajstić information content (AvgIpc) is 2.78. The molecule has 0 aromatic heterocycles. The highest BCUT2D eigenvalue weighted by Crippen LogP contribution is 2.38. The van der Waals surface area contributed by atoms with Crippen LogP contribution in [0.1, 0.15) is 56.1 Å². The summed E-state index contributed by atoms with van der Waals surface area (Å²) in [6.45, 7) is 5.80. The number of aryl methyl sites for hydroxylation is 1. The zero-order chi connectivity index (χ0) is 21.3. The Morgan fingerprint density at radius 3 is 2.23 bits per heavy atom. The van der Waals surface area contributed by atoms with Crippen LogP contribution in [-0.2, 0) is 6.42 Å². The first-order valence-electron chi connectivity index (χ1n) is 10.9. The minimum atomic E-state index is -1.09. The topological polar surface area (TPSA) is 0 Å². The molecular weight excluding hydrogens is 381 g/mol. The number of halogens is 3. The first-order valence-corrected chi connectivity index (χ1v) is 10.9. The van der Waals surface area contributed by atoms with Gasteiger partial charge in [0.15, 0.2) is 11.6 Å². The van der Waals surface area contributed by atoms with Crippen LogP contribution in [0.15, 0.2) is 55.1 Å². The lowest BCUT2D eigenvalue weighted by Gasteiger charge is -2.27. The van der Waals surface area contributed by atoms with Crippen molar-refractivity contribution in [2.24, 2.45) is 5.92 Å². The molecule has 0 saturated heterocycles. The molecule has 4 rings (SSSR count). The van der Waals surface area contributed by atoms with Crippen molar-refractivity contribution in [3.05, 3.63) is 83.7 Å². The molecular formula is C27H27F3. The third kappa shape index (κ3) is 3.78. The molecule has 3 heteroatoms. The molecule has 1 aliphatic carbocycles. The molecule has 30 heavy (non-hydrogen) atoms. The number of benzene rings is 3. The monoisotopic (exact) mass is 408 g/mol. The van der Waals surface area contributed by atoms with Gasteiger partial charge in [-0.3, -0.25) is 0 Å². The average molecular weight is 409 g/mol. The second-order valence-corrected chi connectivity index (χ2v) is 8.41. The van der Waals surface area contributed by atoms with Crippen LogP contribution in [0.3, 0.4) is 0 Å². The molecule has 1 saturated carbocycles. The van der Waals surface area contributed by atoms with Gasteiger partial charge in [-0.25, -0.2) is 13.2 Å². The molecule has 0 spiro atoms. The predicted molar refractivity (Wildman–Crippen MR) is 118 cm³/mol. The maximum absolute atomic E-state index is 15.2. The summed E-state index contributed by atoms with van der Waals surface area (Å²) in [4.78, 5) is 0. The maximum atomic E-state index is 15.2. The number of rotatable bonds is 5. The highest BCUT2D eigenvalue weighted by atomic mass is 19.2. The van der Waals surface area contributed by atoms with E-state index in [1.165, 1.54) is 5.56 Å². The summed E-state index contributed by atoms with van der Waals surface area (Å²) in [5.74, 6) is -1.61. The van der Waals surface area contributed by atoms with Crippen LogP contribution in [0.2, 0.25) is 0 Å². The van der Waals surface area contributed by atoms with Gasteiger partial charge in [-0.15, -0.1) is 6.58 Å². The summed E-state index contributed by atoms with van der Waals surface area (Å²) >= 11 is 0. The van der Waals surface area contributed by atoms with Crippen LogP contribution in [-0.4, -0.2) is 0 Å². The van der Waals surface area contributed by atoms with Gasteiger partial charge >= 0.3 is 0 Å². The van der Waals surface area contributed by atoms with Gasteiger partial charge in [-0.05, 0) is 72.1 Å². The summed E-state index contributed by atoms with van der Waals surface area (Å²) in [6.07, 6.45) is 7.74. The fourth-order valence-corrected chi connectivity index (χ4v) is 4.73. The Kier molecular flexibility index (Phi) is 5.99. The molecule has 1 fully saturated rings. The van der Waals surface area contributed by atoms with Gasteiger partial charge in [0.1, 0.15) is 5.82 Å². The first kappa shape index (κ1) is 20.7. The molecule has 0 N–H and O–H groups in total. The first-order chi connectivity index (χ1) is 14.5. The summed E-state index contributed by atoms with van der Waals surface area (Å²) in [6, 6.07) is 12.8. The van der Waals surface area contributed by atoms with E-state index >= 15 is 4.39 Å². The van der Waals surface area contributed by atoms with E-state index in [2.05, 4.69) is 12.7 Å². The standard InChI is InChI=1S/C27H27F3/c1-3-5-22-16-21-14-15-23(26(29)24(21)27(30)25(22)28)20-12-10-19(11-13-20)18-8-6-17(4-2)7-9-18/h4,10-18H,2-3,5-9H2,1H3. The van der Waals surface area contributed by atoms with E-state index < -0.39 is 17.5 Å². The van der Waals surface area contributed by atoms with Crippen molar-refractivity contribution >= 4 is 10.8 Å². The Labute approximate surface area is 176 Å². The van der Waals surface area contributed by atoms with Crippen LogP contribution in [0.4, 0.5) is 13.2 Å². The molecule has 0 nitrogen and oxygen atoms in total. The Balaban J connectivity index is 1.66. The number of hydrogen-bond acceptors (Lipinski definition) is 0. The largest absolute Gasteiger partial charge is 0.206 e. The fraction of sp³-hybridized carbons (Fsp3) is 0.333. The Morgan fingerprint density at radius 2 is 1.60 bits per heavy atom.